The minimum absolute atomic E-state index is 0.0636. The van der Waals surface area contributed by atoms with Crippen LogP contribution in [0, 0.1) is 0 Å². The molecule has 1 heterocycles. The lowest BCUT2D eigenvalue weighted by Gasteiger charge is -2.39. The molecule has 3 heteroatoms. The Kier molecular flexibility index (Phi) is 5.86. The Bertz CT molecular complexity index is 400. The second kappa shape index (κ2) is 7.65. The van der Waals surface area contributed by atoms with Gasteiger partial charge in [0.15, 0.2) is 0 Å². The molecule has 0 aliphatic carbocycles. The molecule has 0 spiro atoms. The average Bonchev–Trinajstić information content (AvgIpc) is 2.49. The Labute approximate surface area is 123 Å². The standard InChI is InChI=1S/C17H28N2O/c1-3-5-11-19(12-6-4-2)15-13-20-16-10-8-7-9-14(16)17(15)18/h7-10,15,17H,3-6,11-13,18H2,1-2H3. The number of rotatable bonds is 7. The van der Waals surface area contributed by atoms with Gasteiger partial charge in [0, 0.05) is 5.56 Å². The quantitative estimate of drug-likeness (QED) is 0.830. The lowest BCUT2D eigenvalue weighted by Crippen LogP contribution is -2.49. The van der Waals surface area contributed by atoms with Crippen molar-refractivity contribution in [3.05, 3.63) is 29.8 Å². The number of nitrogens with zero attached hydrogens (tertiary/aromatic N) is 1. The number of hydrogen-bond acceptors (Lipinski definition) is 3. The third kappa shape index (κ3) is 3.53. The maximum atomic E-state index is 6.51. The van der Waals surface area contributed by atoms with Gasteiger partial charge in [0.2, 0.25) is 0 Å². The van der Waals surface area contributed by atoms with Gasteiger partial charge in [-0.1, -0.05) is 44.9 Å². The Morgan fingerprint density at radius 3 is 2.45 bits per heavy atom. The maximum absolute atomic E-state index is 6.51. The van der Waals surface area contributed by atoms with E-state index in [0.717, 1.165) is 24.4 Å². The highest BCUT2D eigenvalue weighted by Gasteiger charge is 2.31. The first-order chi connectivity index (χ1) is 9.77. The summed E-state index contributed by atoms with van der Waals surface area (Å²) in [6.07, 6.45) is 4.91. The monoisotopic (exact) mass is 276 g/mol. The largest absolute Gasteiger partial charge is 0.492 e. The molecule has 2 rings (SSSR count). The van der Waals surface area contributed by atoms with Crippen molar-refractivity contribution in [2.24, 2.45) is 5.73 Å². The van der Waals surface area contributed by atoms with E-state index in [9.17, 15) is 0 Å². The summed E-state index contributed by atoms with van der Waals surface area (Å²) in [6, 6.07) is 8.55. The fourth-order valence-electron chi connectivity index (χ4n) is 2.87. The van der Waals surface area contributed by atoms with E-state index >= 15 is 0 Å². The van der Waals surface area contributed by atoms with Crippen molar-refractivity contribution < 1.29 is 4.74 Å². The third-order valence-electron chi connectivity index (χ3n) is 4.17. The van der Waals surface area contributed by atoms with Gasteiger partial charge in [-0.05, 0) is 32.0 Å². The van der Waals surface area contributed by atoms with E-state index in [0.29, 0.717) is 12.6 Å². The molecule has 0 amide bonds. The van der Waals surface area contributed by atoms with E-state index in [-0.39, 0.29) is 6.04 Å². The van der Waals surface area contributed by atoms with E-state index in [1.165, 1.54) is 25.7 Å². The first-order valence-electron chi connectivity index (χ1n) is 7.99. The number of benzene rings is 1. The molecule has 0 radical (unpaired) electrons. The zero-order valence-electron chi connectivity index (χ0n) is 12.8. The Hall–Kier alpha value is -1.06. The Morgan fingerprint density at radius 2 is 1.80 bits per heavy atom. The predicted molar refractivity (Wildman–Crippen MR) is 84.0 cm³/mol. The van der Waals surface area contributed by atoms with Crippen LogP contribution in [-0.4, -0.2) is 30.6 Å². The van der Waals surface area contributed by atoms with Gasteiger partial charge >= 0.3 is 0 Å². The number of hydrogen-bond donors (Lipinski definition) is 1. The van der Waals surface area contributed by atoms with Gasteiger partial charge in [-0.15, -0.1) is 0 Å². The fraction of sp³-hybridized carbons (Fsp3) is 0.647. The SMILES string of the molecule is CCCCN(CCCC)C1COc2ccccc2C1N. The molecule has 2 unspecified atom stereocenters. The zero-order chi connectivity index (χ0) is 14.4. The zero-order valence-corrected chi connectivity index (χ0v) is 12.8. The number of unbranched alkanes of at least 4 members (excludes halogenated alkanes) is 2. The van der Waals surface area contributed by atoms with Crippen LogP contribution in [0.15, 0.2) is 24.3 Å². The average molecular weight is 276 g/mol. The van der Waals surface area contributed by atoms with E-state index < -0.39 is 0 Å². The van der Waals surface area contributed by atoms with Crippen molar-refractivity contribution in [1.29, 1.82) is 0 Å². The van der Waals surface area contributed by atoms with Crippen molar-refractivity contribution in [1.82, 2.24) is 4.90 Å². The van der Waals surface area contributed by atoms with E-state index in [2.05, 4.69) is 24.8 Å². The van der Waals surface area contributed by atoms with Gasteiger partial charge in [0.05, 0.1) is 12.1 Å². The van der Waals surface area contributed by atoms with Crippen LogP contribution in [0.5, 0.6) is 5.75 Å². The van der Waals surface area contributed by atoms with Crippen LogP contribution in [0.25, 0.3) is 0 Å². The summed E-state index contributed by atoms with van der Waals surface area (Å²) in [4.78, 5) is 2.54. The molecule has 20 heavy (non-hydrogen) atoms. The number of ether oxygens (including phenoxy) is 1. The van der Waals surface area contributed by atoms with Crippen LogP contribution >= 0.6 is 0 Å². The Morgan fingerprint density at radius 1 is 1.15 bits per heavy atom. The molecule has 0 fully saturated rings. The lowest BCUT2D eigenvalue weighted by atomic mass is 9.95. The van der Waals surface area contributed by atoms with Crippen LogP contribution in [0.4, 0.5) is 0 Å². The van der Waals surface area contributed by atoms with Crippen molar-refractivity contribution >= 4 is 0 Å². The van der Waals surface area contributed by atoms with Gasteiger partial charge in [-0.25, -0.2) is 0 Å². The molecule has 1 aliphatic rings. The van der Waals surface area contributed by atoms with Crippen molar-refractivity contribution in [2.75, 3.05) is 19.7 Å². The van der Waals surface area contributed by atoms with Crippen molar-refractivity contribution in [2.45, 2.75) is 51.6 Å². The van der Waals surface area contributed by atoms with E-state index in [1.807, 2.05) is 18.2 Å². The second-order valence-electron chi connectivity index (χ2n) is 5.69. The van der Waals surface area contributed by atoms with Crippen LogP contribution in [0.1, 0.15) is 51.1 Å². The molecular formula is C17H28N2O. The predicted octanol–water partition coefficient (Wildman–Crippen LogP) is 3.35. The van der Waals surface area contributed by atoms with Crippen molar-refractivity contribution in [3.63, 3.8) is 0 Å². The topological polar surface area (TPSA) is 38.5 Å². The minimum atomic E-state index is 0.0636. The highest BCUT2D eigenvalue weighted by Crippen LogP contribution is 2.32. The highest BCUT2D eigenvalue weighted by atomic mass is 16.5. The summed E-state index contributed by atoms with van der Waals surface area (Å²) < 4.78 is 5.93. The first-order valence-corrected chi connectivity index (χ1v) is 7.99. The van der Waals surface area contributed by atoms with Gasteiger partial charge in [0.1, 0.15) is 12.4 Å². The summed E-state index contributed by atoms with van der Waals surface area (Å²) in [5.41, 5.74) is 7.67. The molecule has 2 N–H and O–H groups in total. The van der Waals surface area contributed by atoms with Gasteiger partial charge in [0.25, 0.3) is 0 Å². The van der Waals surface area contributed by atoms with E-state index in [1.54, 1.807) is 0 Å². The summed E-state index contributed by atoms with van der Waals surface area (Å²) in [7, 11) is 0. The van der Waals surface area contributed by atoms with Gasteiger partial charge in [-0.2, -0.15) is 0 Å². The molecular weight excluding hydrogens is 248 g/mol. The Balaban J connectivity index is 2.09. The number of fused-ring (bicyclic) bond motifs is 1. The number of para-hydroxylation sites is 1. The third-order valence-corrected chi connectivity index (χ3v) is 4.17. The van der Waals surface area contributed by atoms with Crippen LogP contribution in [0.3, 0.4) is 0 Å². The van der Waals surface area contributed by atoms with E-state index in [4.69, 9.17) is 10.5 Å². The summed E-state index contributed by atoms with van der Waals surface area (Å²) in [5.74, 6) is 0.960. The minimum Gasteiger partial charge on any atom is -0.492 e. The number of nitrogens with two attached hydrogens (primary N) is 1. The van der Waals surface area contributed by atoms with Gasteiger partial charge < -0.3 is 10.5 Å². The molecule has 0 saturated carbocycles. The molecule has 0 aromatic heterocycles. The molecule has 1 aromatic rings. The molecule has 0 bridgehead atoms. The van der Waals surface area contributed by atoms with Crippen LogP contribution in [-0.2, 0) is 0 Å². The molecule has 1 aromatic carbocycles. The van der Waals surface area contributed by atoms with Crippen LogP contribution < -0.4 is 10.5 Å². The highest BCUT2D eigenvalue weighted by molar-refractivity contribution is 5.38. The normalized spacial score (nSPS) is 21.6. The fourth-order valence-corrected chi connectivity index (χ4v) is 2.87. The van der Waals surface area contributed by atoms with Gasteiger partial charge in [-0.3, -0.25) is 4.90 Å². The lowest BCUT2D eigenvalue weighted by molar-refractivity contribution is 0.0947. The van der Waals surface area contributed by atoms with Crippen molar-refractivity contribution in [3.8, 4) is 5.75 Å². The maximum Gasteiger partial charge on any atom is 0.124 e. The molecule has 0 saturated heterocycles. The molecule has 112 valence electrons. The smallest absolute Gasteiger partial charge is 0.124 e. The summed E-state index contributed by atoms with van der Waals surface area (Å²) >= 11 is 0. The first kappa shape index (κ1) is 15.3. The van der Waals surface area contributed by atoms with Crippen LogP contribution in [0.2, 0.25) is 0 Å². The second-order valence-corrected chi connectivity index (χ2v) is 5.69. The molecule has 1 aliphatic heterocycles. The molecule has 2 atom stereocenters. The summed E-state index contributed by atoms with van der Waals surface area (Å²) in [5, 5.41) is 0. The molecule has 3 nitrogen and oxygen atoms in total. The summed E-state index contributed by atoms with van der Waals surface area (Å²) in [6.45, 7) is 7.45.